The van der Waals surface area contributed by atoms with Crippen molar-refractivity contribution in [1.29, 1.82) is 0 Å². The molecule has 0 saturated carbocycles. The molecule has 5 nitrogen and oxygen atoms in total. The van der Waals surface area contributed by atoms with Gasteiger partial charge < -0.3 is 11.1 Å². The van der Waals surface area contributed by atoms with Crippen LogP contribution in [0.3, 0.4) is 0 Å². The lowest BCUT2D eigenvalue weighted by atomic mass is 10.2. The Hall–Kier alpha value is -1.54. The van der Waals surface area contributed by atoms with Gasteiger partial charge in [0.05, 0.1) is 4.90 Å². The van der Waals surface area contributed by atoms with E-state index in [4.69, 9.17) is 5.73 Å². The molecular formula is C11H14F2N2O3S. The van der Waals surface area contributed by atoms with Crippen molar-refractivity contribution in [3.63, 3.8) is 0 Å². The van der Waals surface area contributed by atoms with E-state index in [1.807, 2.05) is 0 Å². The molecule has 106 valence electrons. The van der Waals surface area contributed by atoms with Crippen molar-refractivity contribution in [2.75, 3.05) is 13.1 Å². The molecule has 0 bridgehead atoms. The van der Waals surface area contributed by atoms with Gasteiger partial charge in [-0.25, -0.2) is 8.42 Å². The number of nitrogens with two attached hydrogens (primary N) is 1. The Bertz CT molecular complexity index is 529. The molecule has 0 aliphatic rings. The van der Waals surface area contributed by atoms with Gasteiger partial charge in [-0.2, -0.15) is 8.78 Å². The molecule has 0 aliphatic carbocycles. The number of sulfone groups is 1. The summed E-state index contributed by atoms with van der Waals surface area (Å²) in [5, 5.41) is 2.56. The van der Waals surface area contributed by atoms with Crippen molar-refractivity contribution < 1.29 is 22.0 Å². The van der Waals surface area contributed by atoms with Crippen molar-refractivity contribution in [2.45, 2.75) is 17.1 Å². The fourth-order valence-electron chi connectivity index (χ4n) is 1.30. The highest BCUT2D eigenvalue weighted by Gasteiger charge is 2.26. The zero-order valence-electron chi connectivity index (χ0n) is 9.97. The second kappa shape index (κ2) is 6.58. The van der Waals surface area contributed by atoms with Crippen LogP contribution in [-0.4, -0.2) is 33.2 Å². The monoisotopic (exact) mass is 292 g/mol. The number of nitrogens with one attached hydrogen (secondary N) is 1. The van der Waals surface area contributed by atoms with E-state index < -0.39 is 26.4 Å². The van der Waals surface area contributed by atoms with Gasteiger partial charge in [0.2, 0.25) is 9.84 Å². The minimum absolute atomic E-state index is 0.199. The number of amides is 1. The van der Waals surface area contributed by atoms with Crippen LogP contribution in [0.25, 0.3) is 0 Å². The smallest absolute Gasteiger partial charge is 0.341 e. The Kier molecular flexibility index (Phi) is 5.37. The highest BCUT2D eigenvalue weighted by Crippen LogP contribution is 2.18. The second-order valence-corrected chi connectivity index (χ2v) is 5.65. The Labute approximate surface area is 109 Å². The SMILES string of the molecule is NCCCNC(=O)c1ccc(S(=O)(=O)C(F)F)cc1. The topological polar surface area (TPSA) is 89.3 Å². The van der Waals surface area contributed by atoms with Crippen molar-refractivity contribution in [2.24, 2.45) is 5.73 Å². The summed E-state index contributed by atoms with van der Waals surface area (Å²) in [6, 6.07) is 4.35. The van der Waals surface area contributed by atoms with Crippen LogP contribution < -0.4 is 11.1 Å². The van der Waals surface area contributed by atoms with Crippen LogP contribution in [0.1, 0.15) is 16.8 Å². The number of hydrogen-bond acceptors (Lipinski definition) is 4. The lowest BCUT2D eigenvalue weighted by molar-refractivity contribution is 0.0953. The first-order chi connectivity index (χ1) is 8.89. The largest absolute Gasteiger partial charge is 0.352 e. The van der Waals surface area contributed by atoms with E-state index in [1.165, 1.54) is 12.1 Å². The van der Waals surface area contributed by atoms with Gasteiger partial charge in [0.25, 0.3) is 5.91 Å². The van der Waals surface area contributed by atoms with Gasteiger partial charge >= 0.3 is 5.76 Å². The molecule has 19 heavy (non-hydrogen) atoms. The van der Waals surface area contributed by atoms with Crippen molar-refractivity contribution in [3.8, 4) is 0 Å². The van der Waals surface area contributed by atoms with E-state index in [1.54, 1.807) is 0 Å². The first-order valence-corrected chi connectivity index (χ1v) is 7.04. The quantitative estimate of drug-likeness (QED) is 0.758. The summed E-state index contributed by atoms with van der Waals surface area (Å²) in [5.74, 6) is -3.88. The lowest BCUT2D eigenvalue weighted by Gasteiger charge is -2.06. The van der Waals surface area contributed by atoms with Crippen LogP contribution in [0.5, 0.6) is 0 Å². The molecule has 1 amide bonds. The third-order valence-corrected chi connectivity index (χ3v) is 3.74. The van der Waals surface area contributed by atoms with E-state index in [0.29, 0.717) is 19.5 Å². The average Bonchev–Trinajstić information content (AvgIpc) is 2.39. The maximum absolute atomic E-state index is 12.3. The van der Waals surface area contributed by atoms with Crippen LogP contribution in [0.2, 0.25) is 0 Å². The normalized spacial score (nSPS) is 11.6. The molecule has 0 aromatic heterocycles. The summed E-state index contributed by atoms with van der Waals surface area (Å²) in [4.78, 5) is 11.1. The number of hydrogen-bond donors (Lipinski definition) is 2. The summed E-state index contributed by atoms with van der Waals surface area (Å²) in [6.45, 7) is 0.832. The van der Waals surface area contributed by atoms with Crippen LogP contribution in [-0.2, 0) is 9.84 Å². The molecule has 0 heterocycles. The van der Waals surface area contributed by atoms with Gasteiger partial charge in [-0.1, -0.05) is 0 Å². The Morgan fingerprint density at radius 3 is 2.32 bits per heavy atom. The van der Waals surface area contributed by atoms with Crippen molar-refractivity contribution in [3.05, 3.63) is 29.8 Å². The van der Waals surface area contributed by atoms with E-state index in [0.717, 1.165) is 12.1 Å². The molecule has 0 fully saturated rings. The maximum Gasteiger partial charge on any atom is 0.341 e. The van der Waals surface area contributed by atoms with E-state index in [9.17, 15) is 22.0 Å². The van der Waals surface area contributed by atoms with E-state index >= 15 is 0 Å². The number of benzene rings is 1. The number of carbonyl (C=O) groups excluding carboxylic acids is 1. The molecule has 0 unspecified atom stereocenters. The summed E-state index contributed by atoms with van der Waals surface area (Å²) in [5.41, 5.74) is 5.46. The van der Waals surface area contributed by atoms with Gasteiger partial charge in [0.15, 0.2) is 0 Å². The lowest BCUT2D eigenvalue weighted by Crippen LogP contribution is -2.26. The number of alkyl halides is 2. The molecule has 0 spiro atoms. The van der Waals surface area contributed by atoms with Crippen LogP contribution in [0.4, 0.5) is 8.78 Å². The third-order valence-electron chi connectivity index (χ3n) is 2.35. The molecule has 1 rings (SSSR count). The maximum atomic E-state index is 12.3. The van der Waals surface area contributed by atoms with Crippen molar-refractivity contribution >= 4 is 15.7 Å². The summed E-state index contributed by atoms with van der Waals surface area (Å²) in [7, 11) is -4.62. The van der Waals surface area contributed by atoms with Crippen LogP contribution in [0, 0.1) is 0 Å². The van der Waals surface area contributed by atoms with Crippen LogP contribution in [0.15, 0.2) is 29.2 Å². The average molecular weight is 292 g/mol. The molecule has 8 heteroatoms. The zero-order valence-corrected chi connectivity index (χ0v) is 10.8. The molecular weight excluding hydrogens is 278 g/mol. The van der Waals surface area contributed by atoms with Gasteiger partial charge in [-0.05, 0) is 37.2 Å². The first-order valence-electron chi connectivity index (χ1n) is 5.50. The Balaban J connectivity index is 2.80. The standard InChI is InChI=1S/C11H14F2N2O3S/c12-11(13)19(17,18)9-4-2-8(3-5-9)10(16)15-7-1-6-14/h2-5,11H,1,6-7,14H2,(H,15,16). The van der Waals surface area contributed by atoms with Gasteiger partial charge in [-0.15, -0.1) is 0 Å². The number of carbonyl (C=O) groups is 1. The highest BCUT2D eigenvalue weighted by molar-refractivity contribution is 7.91. The van der Waals surface area contributed by atoms with Gasteiger partial charge in [0, 0.05) is 12.1 Å². The summed E-state index contributed by atoms with van der Waals surface area (Å²) in [6.07, 6.45) is 0.615. The fraction of sp³-hybridized carbons (Fsp3) is 0.364. The fourth-order valence-corrected chi connectivity index (χ4v) is 2.03. The molecule has 0 aliphatic heterocycles. The molecule has 0 atom stereocenters. The summed E-state index contributed by atoms with van der Waals surface area (Å²) >= 11 is 0. The minimum atomic E-state index is -4.62. The molecule has 0 radical (unpaired) electrons. The zero-order chi connectivity index (χ0) is 14.5. The van der Waals surface area contributed by atoms with E-state index in [2.05, 4.69) is 5.32 Å². The predicted octanol–water partition coefficient (Wildman–Crippen LogP) is 0.761. The first kappa shape index (κ1) is 15.5. The highest BCUT2D eigenvalue weighted by atomic mass is 32.2. The third kappa shape index (κ3) is 3.97. The second-order valence-electron chi connectivity index (χ2n) is 3.73. The minimum Gasteiger partial charge on any atom is -0.352 e. The van der Waals surface area contributed by atoms with Crippen molar-refractivity contribution in [1.82, 2.24) is 5.32 Å². The Morgan fingerprint density at radius 2 is 1.84 bits per heavy atom. The molecule has 0 saturated heterocycles. The van der Waals surface area contributed by atoms with Gasteiger partial charge in [0.1, 0.15) is 0 Å². The molecule has 1 aromatic rings. The number of halogens is 2. The molecule has 3 N–H and O–H groups in total. The molecule has 1 aromatic carbocycles. The number of rotatable bonds is 6. The van der Waals surface area contributed by atoms with E-state index in [-0.39, 0.29) is 5.56 Å². The summed E-state index contributed by atoms with van der Waals surface area (Å²) < 4.78 is 46.9. The predicted molar refractivity (Wildman–Crippen MR) is 65.6 cm³/mol. The van der Waals surface area contributed by atoms with Gasteiger partial charge in [-0.3, -0.25) is 4.79 Å². The Morgan fingerprint density at radius 1 is 1.26 bits per heavy atom. The van der Waals surface area contributed by atoms with Crippen LogP contribution >= 0.6 is 0 Å².